The van der Waals surface area contributed by atoms with Crippen molar-refractivity contribution in [3.63, 3.8) is 0 Å². The number of nitrogens with zero attached hydrogens (tertiary/aromatic N) is 1. The van der Waals surface area contributed by atoms with E-state index in [-0.39, 0.29) is 5.69 Å². The minimum atomic E-state index is -4.43. The molecule has 4 heteroatoms. The van der Waals surface area contributed by atoms with Gasteiger partial charge in [0.05, 0.1) is 11.3 Å². The molecule has 0 N–H and O–H groups in total. The highest BCUT2D eigenvalue weighted by Crippen LogP contribution is 2.23. The molecule has 0 aliphatic rings. The van der Waals surface area contributed by atoms with E-state index in [9.17, 15) is 13.2 Å². The number of aliphatic imine (C=N–C) groups is 1. The van der Waals surface area contributed by atoms with Crippen molar-refractivity contribution < 1.29 is 13.2 Å². The maximum absolute atomic E-state index is 12.6. The lowest BCUT2D eigenvalue weighted by molar-refractivity contribution is -0.0591. The second kappa shape index (κ2) is 6.27. The molecule has 0 atom stereocenters. The van der Waals surface area contributed by atoms with Crippen LogP contribution in [0, 0.1) is 11.8 Å². The Hall–Kier alpha value is -2.54. The van der Waals surface area contributed by atoms with Crippen molar-refractivity contribution in [3.8, 4) is 11.8 Å². The molecule has 0 aliphatic carbocycles. The van der Waals surface area contributed by atoms with Crippen molar-refractivity contribution in [2.75, 3.05) is 0 Å². The molecule has 1 nitrogen and oxygen atoms in total. The van der Waals surface area contributed by atoms with E-state index >= 15 is 0 Å². The molecular weight excluding hydrogens is 275 g/mol. The van der Waals surface area contributed by atoms with E-state index < -0.39 is 11.9 Å². The third-order valence-corrected chi connectivity index (χ3v) is 2.72. The number of hydrogen-bond donors (Lipinski definition) is 0. The van der Waals surface area contributed by atoms with Crippen LogP contribution in [0.15, 0.2) is 59.6 Å². The summed E-state index contributed by atoms with van der Waals surface area (Å²) in [5.74, 6) is 5.77. The Morgan fingerprint density at radius 3 is 2.19 bits per heavy atom. The molecule has 0 aromatic heterocycles. The number of hydrogen-bond acceptors (Lipinski definition) is 1. The van der Waals surface area contributed by atoms with Gasteiger partial charge in [0.15, 0.2) is 0 Å². The van der Waals surface area contributed by atoms with Gasteiger partial charge in [-0.15, -0.1) is 0 Å². The molecule has 0 saturated carbocycles. The van der Waals surface area contributed by atoms with Crippen LogP contribution in [0.5, 0.6) is 0 Å². The molecule has 0 bridgehead atoms. The summed E-state index contributed by atoms with van der Waals surface area (Å²) in [6, 6.07) is 15.8. The van der Waals surface area contributed by atoms with Crippen LogP contribution >= 0.6 is 0 Å². The molecule has 106 valence electrons. The van der Waals surface area contributed by atoms with Crippen LogP contribution in [0.25, 0.3) is 0 Å². The minimum absolute atomic E-state index is 0.218. The summed E-state index contributed by atoms with van der Waals surface area (Å²) in [7, 11) is 0. The summed E-state index contributed by atoms with van der Waals surface area (Å²) in [5, 5.41) is 0. The molecule has 2 aromatic carbocycles. The lowest BCUT2D eigenvalue weighted by Crippen LogP contribution is -2.18. The topological polar surface area (TPSA) is 12.4 Å². The zero-order valence-corrected chi connectivity index (χ0v) is 11.3. The Labute approximate surface area is 121 Å². The molecule has 0 saturated heterocycles. The summed E-state index contributed by atoms with van der Waals surface area (Å²) in [6.07, 6.45) is -4.43. The summed E-state index contributed by atoms with van der Waals surface area (Å²) >= 11 is 0. The van der Waals surface area contributed by atoms with Crippen LogP contribution in [0.2, 0.25) is 0 Å². The molecule has 0 unspecified atom stereocenters. The van der Waals surface area contributed by atoms with Gasteiger partial charge in [-0.3, -0.25) is 0 Å². The first kappa shape index (κ1) is 14.9. The molecule has 21 heavy (non-hydrogen) atoms. The number of alkyl halides is 3. The maximum atomic E-state index is 12.6. The third kappa shape index (κ3) is 4.22. The van der Waals surface area contributed by atoms with Crippen molar-refractivity contribution >= 4 is 11.4 Å². The molecule has 0 radical (unpaired) electrons. The van der Waals surface area contributed by atoms with Crippen molar-refractivity contribution in [2.45, 2.75) is 13.1 Å². The van der Waals surface area contributed by atoms with Gasteiger partial charge in [-0.05, 0) is 31.2 Å². The molecular formula is C17H12F3N. The fourth-order valence-electron chi connectivity index (χ4n) is 1.58. The Morgan fingerprint density at radius 2 is 1.52 bits per heavy atom. The van der Waals surface area contributed by atoms with Gasteiger partial charge in [0.1, 0.15) is 5.71 Å². The van der Waals surface area contributed by atoms with Gasteiger partial charge in [-0.1, -0.05) is 42.2 Å². The lowest BCUT2D eigenvalue weighted by Gasteiger charge is -2.06. The minimum Gasteiger partial charge on any atom is -0.247 e. The van der Waals surface area contributed by atoms with Crippen molar-refractivity contribution in [1.82, 2.24) is 0 Å². The first-order valence-corrected chi connectivity index (χ1v) is 6.25. The van der Waals surface area contributed by atoms with E-state index in [2.05, 4.69) is 16.8 Å². The Kier molecular flexibility index (Phi) is 4.44. The second-order valence-corrected chi connectivity index (χ2v) is 4.33. The highest BCUT2D eigenvalue weighted by molar-refractivity contribution is 5.90. The van der Waals surface area contributed by atoms with Crippen molar-refractivity contribution in [3.05, 3.63) is 65.7 Å². The summed E-state index contributed by atoms with van der Waals surface area (Å²) in [5.41, 5.74) is 0.584. The van der Waals surface area contributed by atoms with Crippen LogP contribution in [-0.2, 0) is 0 Å². The SMILES string of the molecule is CC(=Nc1ccccc1C#Cc1ccccc1)C(F)(F)F. The van der Waals surface area contributed by atoms with Crippen molar-refractivity contribution in [2.24, 2.45) is 4.99 Å². The molecule has 0 heterocycles. The average molecular weight is 287 g/mol. The molecule has 0 fully saturated rings. The monoisotopic (exact) mass is 287 g/mol. The smallest absolute Gasteiger partial charge is 0.247 e. The quantitative estimate of drug-likeness (QED) is 0.530. The van der Waals surface area contributed by atoms with Gasteiger partial charge in [0.2, 0.25) is 0 Å². The van der Waals surface area contributed by atoms with E-state index in [0.29, 0.717) is 5.56 Å². The van der Waals surface area contributed by atoms with E-state index in [4.69, 9.17) is 0 Å². The summed E-state index contributed by atoms with van der Waals surface area (Å²) in [4.78, 5) is 3.63. The predicted octanol–water partition coefficient (Wildman–Crippen LogP) is 4.74. The van der Waals surface area contributed by atoms with Crippen molar-refractivity contribution in [1.29, 1.82) is 0 Å². The number of rotatable bonds is 1. The molecule has 0 aliphatic heterocycles. The van der Waals surface area contributed by atoms with E-state index in [1.807, 2.05) is 30.3 Å². The Balaban J connectivity index is 2.37. The zero-order chi connectivity index (χ0) is 15.3. The third-order valence-electron chi connectivity index (χ3n) is 2.72. The predicted molar refractivity (Wildman–Crippen MR) is 77.7 cm³/mol. The normalized spacial score (nSPS) is 11.7. The van der Waals surface area contributed by atoms with Crippen LogP contribution in [0.3, 0.4) is 0 Å². The van der Waals surface area contributed by atoms with Crippen LogP contribution in [0.1, 0.15) is 18.1 Å². The van der Waals surface area contributed by atoms with Gasteiger partial charge in [-0.2, -0.15) is 13.2 Å². The van der Waals surface area contributed by atoms with Crippen LogP contribution < -0.4 is 0 Å². The average Bonchev–Trinajstić information content (AvgIpc) is 2.46. The highest BCUT2D eigenvalue weighted by atomic mass is 19.4. The fourth-order valence-corrected chi connectivity index (χ4v) is 1.58. The first-order valence-electron chi connectivity index (χ1n) is 6.25. The highest BCUT2D eigenvalue weighted by Gasteiger charge is 2.31. The van der Waals surface area contributed by atoms with Crippen LogP contribution in [0.4, 0.5) is 18.9 Å². The molecule has 0 amide bonds. The van der Waals surface area contributed by atoms with E-state index in [1.165, 1.54) is 6.07 Å². The summed E-state index contributed by atoms with van der Waals surface area (Å²) < 4.78 is 37.7. The number of para-hydroxylation sites is 1. The Morgan fingerprint density at radius 1 is 0.905 bits per heavy atom. The first-order chi connectivity index (χ1) is 9.97. The number of benzene rings is 2. The fraction of sp³-hybridized carbons (Fsp3) is 0.118. The van der Waals surface area contributed by atoms with Gasteiger partial charge >= 0.3 is 6.18 Å². The molecule has 2 aromatic rings. The summed E-state index contributed by atoms with van der Waals surface area (Å²) in [6.45, 7) is 0.946. The second-order valence-electron chi connectivity index (χ2n) is 4.33. The van der Waals surface area contributed by atoms with E-state index in [0.717, 1.165) is 12.5 Å². The van der Waals surface area contributed by atoms with Gasteiger partial charge < -0.3 is 0 Å². The lowest BCUT2D eigenvalue weighted by atomic mass is 10.1. The Bertz CT molecular complexity index is 704. The molecule has 0 spiro atoms. The number of halogens is 3. The van der Waals surface area contributed by atoms with Crippen LogP contribution in [-0.4, -0.2) is 11.9 Å². The van der Waals surface area contributed by atoms with E-state index in [1.54, 1.807) is 18.2 Å². The zero-order valence-electron chi connectivity index (χ0n) is 11.3. The van der Waals surface area contributed by atoms with Gasteiger partial charge in [0, 0.05) is 5.56 Å². The standard InChI is InChI=1S/C17H12F3N/c1-13(17(18,19)20)21-16-10-6-5-9-15(16)12-11-14-7-3-2-4-8-14/h2-10H,1H3. The maximum Gasteiger partial charge on any atom is 0.429 e. The molecule has 2 rings (SSSR count). The largest absolute Gasteiger partial charge is 0.429 e. The van der Waals surface area contributed by atoms with Gasteiger partial charge in [0.25, 0.3) is 0 Å². The van der Waals surface area contributed by atoms with Gasteiger partial charge in [-0.25, -0.2) is 4.99 Å².